The van der Waals surface area contributed by atoms with Crippen LogP contribution < -0.4 is 14.8 Å². The van der Waals surface area contributed by atoms with Crippen LogP contribution in [0.5, 0.6) is 11.5 Å². The molecule has 1 spiro atoms. The number of nitriles is 1. The molecule has 3 aliphatic heterocycles. The highest BCUT2D eigenvalue weighted by Gasteiger charge is 2.73. The highest BCUT2D eigenvalue weighted by molar-refractivity contribution is 6.07. The number of nitro groups is 1. The molecule has 0 aromatic heterocycles. The third-order valence-corrected chi connectivity index (χ3v) is 8.19. The number of benzene rings is 3. The van der Waals surface area contributed by atoms with Crippen LogP contribution in [0.15, 0.2) is 66.7 Å². The van der Waals surface area contributed by atoms with Crippen molar-refractivity contribution in [2.24, 2.45) is 0 Å². The Morgan fingerprint density at radius 2 is 1.95 bits per heavy atom. The second-order valence-electron chi connectivity index (χ2n) is 9.89. The van der Waals surface area contributed by atoms with Crippen LogP contribution in [0.2, 0.25) is 0 Å². The van der Waals surface area contributed by atoms with Gasteiger partial charge in [-0.15, -0.1) is 0 Å². The van der Waals surface area contributed by atoms with Gasteiger partial charge in [-0.1, -0.05) is 42.5 Å². The number of carbonyl (C=O) groups excluding carboxylic acids is 1. The number of rotatable bonds is 6. The summed E-state index contributed by atoms with van der Waals surface area (Å²) in [6.07, 6.45) is 1.62. The first-order chi connectivity index (χ1) is 18.5. The Balaban J connectivity index is 1.40. The highest BCUT2D eigenvalue weighted by Crippen LogP contribution is 2.58. The second-order valence-corrected chi connectivity index (χ2v) is 9.89. The van der Waals surface area contributed by atoms with E-state index < -0.39 is 17.5 Å². The zero-order valence-electron chi connectivity index (χ0n) is 20.8. The summed E-state index contributed by atoms with van der Waals surface area (Å²) >= 11 is 0. The van der Waals surface area contributed by atoms with Crippen LogP contribution in [0, 0.1) is 21.4 Å². The summed E-state index contributed by atoms with van der Waals surface area (Å²) in [5.41, 5.74) is 1.96. The van der Waals surface area contributed by atoms with Gasteiger partial charge in [0.25, 0.3) is 11.9 Å². The topological polar surface area (TPSA) is 118 Å². The molecule has 3 aliphatic rings. The molecule has 6 rings (SSSR count). The molecule has 3 aromatic rings. The predicted molar refractivity (Wildman–Crippen MR) is 138 cm³/mol. The van der Waals surface area contributed by atoms with E-state index in [2.05, 4.69) is 16.3 Å². The van der Waals surface area contributed by atoms with E-state index in [-0.39, 0.29) is 23.5 Å². The zero-order valence-corrected chi connectivity index (χ0v) is 20.8. The fraction of sp³-hybridized carbons (Fsp3) is 0.310. The summed E-state index contributed by atoms with van der Waals surface area (Å²) in [7, 11) is 1.53. The van der Waals surface area contributed by atoms with Gasteiger partial charge in [-0.3, -0.25) is 19.8 Å². The Labute approximate surface area is 219 Å². The van der Waals surface area contributed by atoms with Gasteiger partial charge in [0, 0.05) is 34.3 Å². The lowest BCUT2D eigenvalue weighted by molar-refractivity contribution is -0.534. The van der Waals surface area contributed by atoms with Gasteiger partial charge in [0.1, 0.15) is 6.61 Å². The number of nitrogens with zero attached hydrogens (tertiary/aromatic N) is 3. The Morgan fingerprint density at radius 3 is 2.74 bits per heavy atom. The molecule has 2 fully saturated rings. The molecule has 0 bridgehead atoms. The molecule has 0 unspecified atom stereocenters. The van der Waals surface area contributed by atoms with E-state index in [9.17, 15) is 20.2 Å². The minimum Gasteiger partial charge on any atom is -0.493 e. The van der Waals surface area contributed by atoms with E-state index in [1.165, 1.54) is 7.11 Å². The molecule has 1 N–H and O–H groups in total. The van der Waals surface area contributed by atoms with Crippen molar-refractivity contribution in [1.82, 2.24) is 4.90 Å². The molecular formula is C29H26N4O5. The quantitative estimate of drug-likeness (QED) is 0.390. The minimum atomic E-state index is -1.37. The predicted octanol–water partition coefficient (Wildman–Crippen LogP) is 4.20. The lowest BCUT2D eigenvalue weighted by Gasteiger charge is -2.32. The zero-order chi connectivity index (χ0) is 26.4. The summed E-state index contributed by atoms with van der Waals surface area (Å²) in [5.74, 6) is 0.0620. The standard InChI is InChI=1S/C29H26N4O5/c1-37-25-15-18(12-13-24(25)38-17-20-8-3-2-7-19(20)16-30)26-23-11-6-14-32(23)29(27(26)33(35)36)21-9-4-5-10-22(21)31-28(29)34/h2-5,7-10,12-13,15,23,26-27H,6,11,14,17H2,1H3,(H,31,34)/t23-,26+,27-,29-/m0/s1. The molecule has 1 amide bonds. The summed E-state index contributed by atoms with van der Waals surface area (Å²) in [5, 5.41) is 25.1. The molecule has 3 aromatic carbocycles. The van der Waals surface area contributed by atoms with Gasteiger partial charge in [0.2, 0.25) is 0 Å². The van der Waals surface area contributed by atoms with Crippen molar-refractivity contribution in [2.75, 3.05) is 19.0 Å². The van der Waals surface area contributed by atoms with Gasteiger partial charge in [-0.2, -0.15) is 5.26 Å². The third-order valence-electron chi connectivity index (χ3n) is 8.19. The molecule has 9 heteroatoms. The Hall–Kier alpha value is -4.42. The van der Waals surface area contributed by atoms with Crippen LogP contribution in [0.4, 0.5) is 5.69 Å². The van der Waals surface area contributed by atoms with E-state index in [1.54, 1.807) is 30.3 Å². The van der Waals surface area contributed by atoms with E-state index in [0.717, 1.165) is 24.0 Å². The maximum atomic E-state index is 13.6. The molecule has 9 nitrogen and oxygen atoms in total. The second kappa shape index (κ2) is 9.15. The summed E-state index contributed by atoms with van der Waals surface area (Å²) < 4.78 is 11.6. The van der Waals surface area contributed by atoms with Crippen LogP contribution in [-0.2, 0) is 16.9 Å². The van der Waals surface area contributed by atoms with Gasteiger partial charge in [0.15, 0.2) is 17.0 Å². The van der Waals surface area contributed by atoms with Crippen molar-refractivity contribution in [1.29, 1.82) is 5.26 Å². The summed E-state index contributed by atoms with van der Waals surface area (Å²) in [4.78, 5) is 28.2. The number of hydrogen-bond acceptors (Lipinski definition) is 7. The Bertz CT molecular complexity index is 1480. The van der Waals surface area contributed by atoms with Crippen LogP contribution >= 0.6 is 0 Å². The van der Waals surface area contributed by atoms with Gasteiger partial charge < -0.3 is 14.8 Å². The number of methoxy groups -OCH3 is 1. The number of nitrogens with one attached hydrogen (secondary N) is 1. The van der Waals surface area contributed by atoms with Crippen LogP contribution in [0.25, 0.3) is 0 Å². The first kappa shape index (κ1) is 23.9. The van der Waals surface area contributed by atoms with Gasteiger partial charge >= 0.3 is 0 Å². The smallest absolute Gasteiger partial charge is 0.256 e. The fourth-order valence-electron chi connectivity index (χ4n) is 6.70. The fourth-order valence-corrected chi connectivity index (χ4v) is 6.70. The van der Waals surface area contributed by atoms with Crippen LogP contribution in [0.1, 0.15) is 41.0 Å². The van der Waals surface area contributed by atoms with Crippen molar-refractivity contribution in [3.63, 3.8) is 0 Å². The van der Waals surface area contributed by atoms with Crippen molar-refractivity contribution in [3.8, 4) is 17.6 Å². The lowest BCUT2D eigenvalue weighted by atomic mass is 9.77. The van der Waals surface area contributed by atoms with Crippen LogP contribution in [0.3, 0.4) is 0 Å². The maximum absolute atomic E-state index is 13.6. The number of anilines is 1. The molecule has 3 heterocycles. The minimum absolute atomic E-state index is 0.165. The number of carbonyl (C=O) groups is 1. The summed E-state index contributed by atoms with van der Waals surface area (Å²) in [6.45, 7) is 0.792. The van der Waals surface area contributed by atoms with Gasteiger partial charge in [-0.05, 0) is 42.7 Å². The normalized spacial score (nSPS) is 25.5. The molecule has 0 radical (unpaired) electrons. The van der Waals surface area contributed by atoms with Crippen LogP contribution in [-0.4, -0.2) is 41.5 Å². The van der Waals surface area contributed by atoms with Crippen molar-refractivity contribution in [3.05, 3.63) is 99.1 Å². The molecule has 38 heavy (non-hydrogen) atoms. The number of hydrogen-bond donors (Lipinski definition) is 1. The molecular weight excluding hydrogens is 484 g/mol. The Kier molecular flexibility index (Phi) is 5.77. The monoisotopic (exact) mass is 510 g/mol. The van der Waals surface area contributed by atoms with E-state index in [0.29, 0.717) is 34.9 Å². The number of amides is 1. The molecule has 0 saturated carbocycles. The van der Waals surface area contributed by atoms with Crippen molar-refractivity contribution in [2.45, 2.75) is 43.0 Å². The molecule has 0 aliphatic carbocycles. The average molecular weight is 511 g/mol. The van der Waals surface area contributed by atoms with Gasteiger partial charge in [0.05, 0.1) is 24.7 Å². The Morgan fingerprint density at radius 1 is 1.16 bits per heavy atom. The van der Waals surface area contributed by atoms with E-state index in [4.69, 9.17) is 9.47 Å². The number of ether oxygens (including phenoxy) is 2. The SMILES string of the molecule is COc1cc([C@H]2[C@H]([N+](=O)[O-])[C@@]3(C(=O)Nc4ccccc43)N3CCC[C@@H]23)ccc1OCc1ccccc1C#N. The highest BCUT2D eigenvalue weighted by atomic mass is 16.6. The maximum Gasteiger partial charge on any atom is 0.256 e. The first-order valence-electron chi connectivity index (χ1n) is 12.6. The largest absolute Gasteiger partial charge is 0.493 e. The molecule has 2 saturated heterocycles. The van der Waals surface area contributed by atoms with Crippen molar-refractivity contribution < 1.29 is 19.2 Å². The van der Waals surface area contributed by atoms with E-state index in [1.807, 2.05) is 36.4 Å². The molecule has 192 valence electrons. The summed E-state index contributed by atoms with van der Waals surface area (Å²) in [6, 6.07) is 20.7. The molecule has 4 atom stereocenters. The average Bonchev–Trinajstić information content (AvgIpc) is 3.60. The lowest BCUT2D eigenvalue weighted by Crippen LogP contribution is -2.55. The number of para-hydroxylation sites is 1. The van der Waals surface area contributed by atoms with Gasteiger partial charge in [-0.25, -0.2) is 0 Å². The van der Waals surface area contributed by atoms with Crippen molar-refractivity contribution >= 4 is 11.6 Å². The first-order valence-corrected chi connectivity index (χ1v) is 12.6. The van der Waals surface area contributed by atoms with E-state index >= 15 is 0 Å². The third kappa shape index (κ3) is 3.37. The number of fused-ring (bicyclic) bond motifs is 4.